The van der Waals surface area contributed by atoms with E-state index in [1.165, 1.54) is 96.3 Å². The molecule has 1 atom stereocenters. The molecule has 0 heterocycles. The molecule has 1 N–H and O–H groups in total. The molecule has 3 heteroatoms. The van der Waals surface area contributed by atoms with Gasteiger partial charge in [0.2, 0.25) is 0 Å². The van der Waals surface area contributed by atoms with E-state index in [1.807, 2.05) is 0 Å². The molecule has 3 fully saturated rings. The van der Waals surface area contributed by atoms with Crippen LogP contribution in [0.15, 0.2) is 0 Å². The van der Waals surface area contributed by atoms with E-state index in [-0.39, 0.29) is 18.3 Å². The molecule has 3 saturated carbocycles. The second-order valence-electron chi connectivity index (χ2n) is 8.40. The van der Waals surface area contributed by atoms with E-state index in [9.17, 15) is 5.11 Å². The van der Waals surface area contributed by atoms with E-state index < -0.39 is 7.26 Å². The second kappa shape index (κ2) is 9.40. The first-order chi connectivity index (χ1) is 10.8. The summed E-state index contributed by atoms with van der Waals surface area (Å²) in [7, 11) is -1.24. The first kappa shape index (κ1) is 20.0. The Kier molecular flexibility index (Phi) is 8.17. The third-order valence-electron chi connectivity index (χ3n) is 7.27. The van der Waals surface area contributed by atoms with Crippen molar-refractivity contribution in [1.29, 1.82) is 0 Å². The Bertz CT molecular complexity index is 283. The predicted molar refractivity (Wildman–Crippen MR) is 99.2 cm³/mol. The van der Waals surface area contributed by atoms with Gasteiger partial charge in [-0.2, -0.15) is 0 Å². The SMILES string of the molecule is CC(O)[P+](C1CCCCC1)(C1CCCCC1)C1CCCCC1.[Cl-]. The van der Waals surface area contributed by atoms with Gasteiger partial charge in [0.15, 0.2) is 5.85 Å². The number of halogens is 1. The summed E-state index contributed by atoms with van der Waals surface area (Å²) in [5.74, 6) is 0.0156. The molecule has 3 aliphatic carbocycles. The van der Waals surface area contributed by atoms with Crippen molar-refractivity contribution in [3.63, 3.8) is 0 Å². The highest BCUT2D eigenvalue weighted by Gasteiger charge is 2.60. The van der Waals surface area contributed by atoms with Crippen molar-refractivity contribution < 1.29 is 17.5 Å². The van der Waals surface area contributed by atoms with Crippen molar-refractivity contribution in [2.75, 3.05) is 0 Å². The normalized spacial score (nSPS) is 27.4. The highest BCUT2D eigenvalue weighted by molar-refractivity contribution is 7.78. The lowest BCUT2D eigenvalue weighted by molar-refractivity contribution is -0.00000611. The summed E-state index contributed by atoms with van der Waals surface area (Å²) in [6.45, 7) is 2.21. The minimum Gasteiger partial charge on any atom is -1.00 e. The zero-order chi connectivity index (χ0) is 15.4. The molecule has 1 nitrogen and oxygen atoms in total. The molecule has 136 valence electrons. The maximum absolute atomic E-state index is 11.2. The topological polar surface area (TPSA) is 20.2 Å². The summed E-state index contributed by atoms with van der Waals surface area (Å²) in [6.07, 6.45) is 21.7. The van der Waals surface area contributed by atoms with Crippen LogP contribution in [0.5, 0.6) is 0 Å². The van der Waals surface area contributed by atoms with Gasteiger partial charge in [-0.25, -0.2) is 0 Å². The van der Waals surface area contributed by atoms with E-state index >= 15 is 0 Å². The number of rotatable bonds is 4. The van der Waals surface area contributed by atoms with Crippen molar-refractivity contribution in [2.45, 2.75) is 126 Å². The molecule has 0 bridgehead atoms. The molecule has 1 unspecified atom stereocenters. The highest BCUT2D eigenvalue weighted by Crippen LogP contribution is 2.79. The first-order valence-electron chi connectivity index (χ1n) is 10.3. The van der Waals surface area contributed by atoms with E-state index in [2.05, 4.69) is 6.92 Å². The summed E-state index contributed by atoms with van der Waals surface area (Å²) >= 11 is 0. The number of aliphatic hydroxyl groups excluding tert-OH is 1. The lowest BCUT2D eigenvalue weighted by Crippen LogP contribution is -3.00. The van der Waals surface area contributed by atoms with Gasteiger partial charge < -0.3 is 17.5 Å². The van der Waals surface area contributed by atoms with Gasteiger partial charge in [-0.05, 0) is 84.0 Å². The summed E-state index contributed by atoms with van der Waals surface area (Å²) in [5, 5.41) is 11.2. The van der Waals surface area contributed by atoms with E-state index in [1.54, 1.807) is 0 Å². The number of hydrogen-bond acceptors (Lipinski definition) is 1. The van der Waals surface area contributed by atoms with Gasteiger partial charge in [0.1, 0.15) is 0 Å². The maximum atomic E-state index is 11.2. The van der Waals surface area contributed by atoms with Crippen molar-refractivity contribution in [2.24, 2.45) is 0 Å². The molecule has 0 radical (unpaired) electrons. The zero-order valence-corrected chi connectivity index (χ0v) is 16.8. The van der Waals surface area contributed by atoms with Crippen LogP contribution in [0.4, 0.5) is 0 Å². The lowest BCUT2D eigenvalue weighted by Gasteiger charge is -2.50. The molecule has 23 heavy (non-hydrogen) atoms. The Balaban J connectivity index is 0.00000192. The van der Waals surface area contributed by atoms with Crippen LogP contribution in [0.1, 0.15) is 103 Å². The molecule has 3 rings (SSSR count). The fourth-order valence-electron chi connectivity index (χ4n) is 6.39. The third-order valence-corrected chi connectivity index (χ3v) is 13.9. The quantitative estimate of drug-likeness (QED) is 0.762. The Morgan fingerprint density at radius 2 is 0.870 bits per heavy atom. The van der Waals surface area contributed by atoms with Crippen LogP contribution in [-0.4, -0.2) is 27.9 Å². The van der Waals surface area contributed by atoms with Crippen LogP contribution in [0, 0.1) is 0 Å². The van der Waals surface area contributed by atoms with Crippen molar-refractivity contribution in [3.05, 3.63) is 0 Å². The molecule has 0 saturated heterocycles. The van der Waals surface area contributed by atoms with Crippen LogP contribution in [0.2, 0.25) is 0 Å². The minimum atomic E-state index is -1.24. The molecule has 0 aromatic carbocycles. The Labute approximate surface area is 151 Å². The number of hydrogen-bond donors (Lipinski definition) is 1. The molecular formula is C20H38ClOP. The van der Waals surface area contributed by atoms with Crippen LogP contribution >= 0.6 is 7.26 Å². The van der Waals surface area contributed by atoms with Crippen LogP contribution in [0.25, 0.3) is 0 Å². The van der Waals surface area contributed by atoms with Crippen LogP contribution < -0.4 is 12.4 Å². The smallest absolute Gasteiger partial charge is 0.162 e. The van der Waals surface area contributed by atoms with Gasteiger partial charge >= 0.3 is 0 Å². The second-order valence-corrected chi connectivity index (χ2v) is 13.1. The molecule has 0 spiro atoms. The number of aliphatic hydroxyl groups is 1. The predicted octanol–water partition coefficient (Wildman–Crippen LogP) is 3.34. The average Bonchev–Trinajstić information content (AvgIpc) is 2.58. The van der Waals surface area contributed by atoms with Gasteiger partial charge in [-0.3, -0.25) is 0 Å². The van der Waals surface area contributed by atoms with Gasteiger partial charge in [0, 0.05) is 0 Å². The minimum absolute atomic E-state index is 0. The Morgan fingerprint density at radius 1 is 0.609 bits per heavy atom. The average molecular weight is 361 g/mol. The van der Waals surface area contributed by atoms with Crippen molar-refractivity contribution >= 4 is 7.26 Å². The molecular weight excluding hydrogens is 323 g/mol. The standard InChI is InChI=1S/C20H38OP.ClH/c1-17(21)22(18-11-5-2-6-12-18,19-13-7-3-8-14-19)20-15-9-4-10-16-20;/h17-21H,2-16H2,1H3;1H/q+1;/p-1. The largest absolute Gasteiger partial charge is 1.00 e. The van der Waals surface area contributed by atoms with Gasteiger partial charge in [-0.1, -0.05) is 19.3 Å². The molecule has 0 aromatic heterocycles. The fraction of sp³-hybridized carbons (Fsp3) is 1.00. The monoisotopic (exact) mass is 360 g/mol. The highest BCUT2D eigenvalue weighted by atomic mass is 35.5. The van der Waals surface area contributed by atoms with E-state index in [4.69, 9.17) is 0 Å². The van der Waals surface area contributed by atoms with E-state index in [0.717, 1.165) is 17.0 Å². The summed E-state index contributed by atoms with van der Waals surface area (Å²) < 4.78 is 0. The van der Waals surface area contributed by atoms with Crippen molar-refractivity contribution in [1.82, 2.24) is 0 Å². The molecule has 0 aliphatic heterocycles. The first-order valence-corrected chi connectivity index (χ1v) is 12.4. The maximum Gasteiger partial charge on any atom is 0.162 e. The van der Waals surface area contributed by atoms with Crippen molar-refractivity contribution in [3.8, 4) is 0 Å². The summed E-state index contributed by atoms with van der Waals surface area (Å²) in [5.41, 5.74) is 2.77. The fourth-order valence-corrected chi connectivity index (χ4v) is 13.8. The van der Waals surface area contributed by atoms with E-state index in [0.29, 0.717) is 0 Å². The van der Waals surface area contributed by atoms with Crippen LogP contribution in [0.3, 0.4) is 0 Å². The molecule has 0 aromatic rings. The lowest BCUT2D eigenvalue weighted by atomic mass is 9.99. The third kappa shape index (κ3) is 4.09. The molecule has 0 amide bonds. The Hall–Kier alpha value is 0.680. The summed E-state index contributed by atoms with van der Waals surface area (Å²) in [4.78, 5) is 0. The van der Waals surface area contributed by atoms with Gasteiger partial charge in [0.25, 0.3) is 0 Å². The van der Waals surface area contributed by atoms with Gasteiger partial charge in [0.05, 0.1) is 24.2 Å². The Morgan fingerprint density at radius 3 is 1.09 bits per heavy atom. The molecule has 3 aliphatic rings. The van der Waals surface area contributed by atoms with Crippen LogP contribution in [-0.2, 0) is 0 Å². The van der Waals surface area contributed by atoms with Gasteiger partial charge in [-0.15, -0.1) is 0 Å². The zero-order valence-electron chi connectivity index (χ0n) is 15.2. The summed E-state index contributed by atoms with van der Waals surface area (Å²) in [6, 6.07) is 0.